The maximum absolute atomic E-state index is 6.24. The summed E-state index contributed by atoms with van der Waals surface area (Å²) < 4.78 is 11.7. The summed E-state index contributed by atoms with van der Waals surface area (Å²) >= 11 is 0. The van der Waals surface area contributed by atoms with Gasteiger partial charge in [-0.2, -0.15) is 0 Å². The lowest BCUT2D eigenvalue weighted by molar-refractivity contribution is 0.0207. The minimum absolute atomic E-state index is 0.191. The van der Waals surface area contributed by atoms with Crippen LogP contribution >= 0.6 is 0 Å². The van der Waals surface area contributed by atoms with Gasteiger partial charge in [-0.15, -0.1) is 0 Å². The minimum Gasteiger partial charge on any atom is -0.490 e. The van der Waals surface area contributed by atoms with E-state index in [9.17, 15) is 0 Å². The Kier molecular flexibility index (Phi) is 3.76. The van der Waals surface area contributed by atoms with E-state index in [1.807, 2.05) is 0 Å². The monoisotopic (exact) mass is 261 g/mol. The molecule has 1 fully saturated rings. The average molecular weight is 261 g/mol. The second kappa shape index (κ2) is 5.51. The van der Waals surface area contributed by atoms with Gasteiger partial charge in [0, 0.05) is 19.6 Å². The highest BCUT2D eigenvalue weighted by molar-refractivity contribution is 5.45. The molecule has 0 bridgehead atoms. The second-order valence-corrected chi connectivity index (χ2v) is 5.73. The van der Waals surface area contributed by atoms with E-state index in [1.165, 1.54) is 17.5 Å². The van der Waals surface area contributed by atoms with Crippen LogP contribution in [0.4, 0.5) is 0 Å². The van der Waals surface area contributed by atoms with Gasteiger partial charge in [0.2, 0.25) is 0 Å². The summed E-state index contributed by atoms with van der Waals surface area (Å²) in [5.74, 6) is 1.05. The van der Waals surface area contributed by atoms with E-state index in [1.54, 1.807) is 7.11 Å². The Morgan fingerprint density at radius 1 is 1.16 bits per heavy atom. The minimum atomic E-state index is 0.191. The predicted octanol–water partition coefficient (Wildman–Crippen LogP) is 2.97. The molecule has 3 nitrogen and oxygen atoms in total. The standard InChI is InChI=1S/C16H23NO2/c1-18-11-4-2-5-12(10-11)19-16-7-3-6-13-14(16)8-9-15(13)17/h3,6-7,11-12,15H,2,4-5,8-10,17H2,1H3. The van der Waals surface area contributed by atoms with E-state index in [0.29, 0.717) is 12.2 Å². The zero-order valence-electron chi connectivity index (χ0n) is 11.6. The smallest absolute Gasteiger partial charge is 0.123 e. The summed E-state index contributed by atoms with van der Waals surface area (Å²) in [6.45, 7) is 0. The summed E-state index contributed by atoms with van der Waals surface area (Å²) in [6, 6.07) is 6.48. The van der Waals surface area contributed by atoms with E-state index in [-0.39, 0.29) is 6.04 Å². The van der Waals surface area contributed by atoms with Gasteiger partial charge in [0.15, 0.2) is 0 Å². The number of rotatable bonds is 3. The summed E-state index contributed by atoms with van der Waals surface area (Å²) in [5, 5.41) is 0. The van der Waals surface area contributed by atoms with Crippen LogP contribution in [-0.4, -0.2) is 19.3 Å². The number of ether oxygens (including phenoxy) is 2. The first-order chi connectivity index (χ1) is 9.28. The first-order valence-corrected chi connectivity index (χ1v) is 7.34. The van der Waals surface area contributed by atoms with Crippen LogP contribution in [0.25, 0.3) is 0 Å². The van der Waals surface area contributed by atoms with E-state index in [4.69, 9.17) is 15.2 Å². The molecule has 0 aliphatic heterocycles. The molecular formula is C16H23NO2. The van der Waals surface area contributed by atoms with Crippen molar-refractivity contribution in [1.82, 2.24) is 0 Å². The normalized spacial score (nSPS) is 30.1. The predicted molar refractivity (Wildman–Crippen MR) is 75.4 cm³/mol. The maximum Gasteiger partial charge on any atom is 0.123 e. The number of hydrogen-bond acceptors (Lipinski definition) is 3. The number of nitrogens with two attached hydrogens (primary N) is 1. The quantitative estimate of drug-likeness (QED) is 0.909. The molecule has 1 saturated carbocycles. The molecule has 2 N–H and O–H groups in total. The van der Waals surface area contributed by atoms with Gasteiger partial charge in [-0.25, -0.2) is 0 Å². The molecule has 19 heavy (non-hydrogen) atoms. The van der Waals surface area contributed by atoms with Gasteiger partial charge in [-0.1, -0.05) is 12.1 Å². The van der Waals surface area contributed by atoms with Crippen molar-refractivity contribution in [2.45, 2.75) is 56.8 Å². The number of benzene rings is 1. The van der Waals surface area contributed by atoms with Crippen LogP contribution in [0.1, 0.15) is 49.3 Å². The van der Waals surface area contributed by atoms with E-state index in [0.717, 1.165) is 37.9 Å². The molecule has 0 aromatic heterocycles. The number of hydrogen-bond donors (Lipinski definition) is 1. The fourth-order valence-corrected chi connectivity index (χ4v) is 3.37. The molecule has 0 saturated heterocycles. The summed E-state index contributed by atoms with van der Waals surface area (Å²) in [6.07, 6.45) is 7.24. The molecule has 2 aliphatic rings. The van der Waals surface area contributed by atoms with Crippen molar-refractivity contribution in [2.24, 2.45) is 5.73 Å². The number of fused-ring (bicyclic) bond motifs is 1. The third-order valence-corrected chi connectivity index (χ3v) is 4.48. The fourth-order valence-electron chi connectivity index (χ4n) is 3.37. The molecule has 3 unspecified atom stereocenters. The Labute approximate surface area is 115 Å². The molecule has 0 spiro atoms. The van der Waals surface area contributed by atoms with Gasteiger partial charge < -0.3 is 15.2 Å². The van der Waals surface area contributed by atoms with Crippen LogP contribution in [0, 0.1) is 0 Å². The molecule has 2 aliphatic carbocycles. The first-order valence-electron chi connectivity index (χ1n) is 7.34. The van der Waals surface area contributed by atoms with Crippen molar-refractivity contribution < 1.29 is 9.47 Å². The van der Waals surface area contributed by atoms with Gasteiger partial charge in [-0.05, 0) is 49.3 Å². The molecule has 1 aromatic rings. The molecule has 104 valence electrons. The second-order valence-electron chi connectivity index (χ2n) is 5.73. The van der Waals surface area contributed by atoms with Gasteiger partial charge >= 0.3 is 0 Å². The SMILES string of the molecule is COC1CCCC(Oc2cccc3c2CCC3N)C1. The van der Waals surface area contributed by atoms with Crippen LogP contribution in [0.3, 0.4) is 0 Å². The van der Waals surface area contributed by atoms with Crippen LogP contribution in [0.15, 0.2) is 18.2 Å². The van der Waals surface area contributed by atoms with Crippen molar-refractivity contribution in [1.29, 1.82) is 0 Å². The van der Waals surface area contributed by atoms with E-state index < -0.39 is 0 Å². The highest BCUT2D eigenvalue weighted by Gasteiger charge is 2.26. The number of methoxy groups -OCH3 is 1. The zero-order valence-corrected chi connectivity index (χ0v) is 11.6. The Hall–Kier alpha value is -1.06. The van der Waals surface area contributed by atoms with Crippen molar-refractivity contribution in [3.63, 3.8) is 0 Å². The third-order valence-electron chi connectivity index (χ3n) is 4.48. The Bertz CT molecular complexity index is 446. The maximum atomic E-state index is 6.24. The van der Waals surface area contributed by atoms with Crippen LogP contribution in [-0.2, 0) is 11.2 Å². The third kappa shape index (κ3) is 2.63. The van der Waals surface area contributed by atoms with Gasteiger partial charge in [0.25, 0.3) is 0 Å². The lowest BCUT2D eigenvalue weighted by Crippen LogP contribution is -2.29. The molecule has 0 radical (unpaired) electrons. The van der Waals surface area contributed by atoms with Crippen molar-refractivity contribution in [3.05, 3.63) is 29.3 Å². The van der Waals surface area contributed by atoms with E-state index >= 15 is 0 Å². The Morgan fingerprint density at radius 3 is 2.84 bits per heavy atom. The average Bonchev–Trinajstić information content (AvgIpc) is 2.82. The molecule has 3 atom stereocenters. The van der Waals surface area contributed by atoms with Crippen LogP contribution in [0.2, 0.25) is 0 Å². The van der Waals surface area contributed by atoms with Crippen molar-refractivity contribution in [2.75, 3.05) is 7.11 Å². The van der Waals surface area contributed by atoms with Crippen molar-refractivity contribution >= 4 is 0 Å². The largest absolute Gasteiger partial charge is 0.490 e. The molecule has 1 aromatic carbocycles. The lowest BCUT2D eigenvalue weighted by atomic mass is 9.94. The summed E-state index contributed by atoms with van der Waals surface area (Å²) in [5.41, 5.74) is 8.72. The van der Waals surface area contributed by atoms with Crippen LogP contribution in [0.5, 0.6) is 5.75 Å². The van der Waals surface area contributed by atoms with Crippen molar-refractivity contribution in [3.8, 4) is 5.75 Å². The fraction of sp³-hybridized carbons (Fsp3) is 0.625. The summed E-state index contributed by atoms with van der Waals surface area (Å²) in [4.78, 5) is 0. The van der Waals surface area contributed by atoms with E-state index in [2.05, 4.69) is 18.2 Å². The Morgan fingerprint density at radius 2 is 2.00 bits per heavy atom. The van der Waals surface area contributed by atoms with Gasteiger partial charge in [-0.3, -0.25) is 0 Å². The molecule has 0 amide bonds. The topological polar surface area (TPSA) is 44.5 Å². The summed E-state index contributed by atoms with van der Waals surface area (Å²) in [7, 11) is 1.80. The molecule has 3 rings (SSSR count). The Balaban J connectivity index is 1.73. The zero-order chi connectivity index (χ0) is 13.2. The highest BCUT2D eigenvalue weighted by atomic mass is 16.5. The lowest BCUT2D eigenvalue weighted by Gasteiger charge is -2.29. The van der Waals surface area contributed by atoms with Gasteiger partial charge in [0.05, 0.1) is 6.10 Å². The highest BCUT2D eigenvalue weighted by Crippen LogP contribution is 2.37. The first kappa shape index (κ1) is 12.9. The molecule has 3 heteroatoms. The van der Waals surface area contributed by atoms with Gasteiger partial charge in [0.1, 0.15) is 11.9 Å². The van der Waals surface area contributed by atoms with Crippen LogP contribution < -0.4 is 10.5 Å². The molecular weight excluding hydrogens is 238 g/mol. The molecule has 0 heterocycles.